The standard InChI is InChI=1S/C20H25N5O4S/c1-11(2)25-16-17(23(4)20(28)24(5)18(16)27)22-19(25)30-10-15(26)21-13-9-12(3)7-8-14(13)29-6/h7-9,11H,10H2,1-6H3,(H,21,26). The Morgan fingerprint density at radius 1 is 1.23 bits per heavy atom. The zero-order valence-corrected chi connectivity index (χ0v) is 18.7. The predicted molar refractivity (Wildman–Crippen MR) is 118 cm³/mol. The molecule has 0 spiro atoms. The fraction of sp³-hybridized carbons (Fsp3) is 0.400. The summed E-state index contributed by atoms with van der Waals surface area (Å²) in [6.45, 7) is 5.78. The van der Waals surface area contributed by atoms with E-state index in [0.29, 0.717) is 27.8 Å². The van der Waals surface area contributed by atoms with Gasteiger partial charge >= 0.3 is 5.69 Å². The maximum absolute atomic E-state index is 12.7. The number of nitrogens with zero attached hydrogens (tertiary/aromatic N) is 4. The molecule has 0 saturated heterocycles. The van der Waals surface area contributed by atoms with E-state index in [4.69, 9.17) is 4.74 Å². The summed E-state index contributed by atoms with van der Waals surface area (Å²) in [6.07, 6.45) is 0. The molecule has 3 aromatic rings. The van der Waals surface area contributed by atoms with Gasteiger partial charge in [0, 0.05) is 20.1 Å². The van der Waals surface area contributed by atoms with Crippen LogP contribution >= 0.6 is 11.8 Å². The molecule has 3 rings (SSSR count). The zero-order valence-electron chi connectivity index (χ0n) is 17.8. The van der Waals surface area contributed by atoms with Crippen LogP contribution in [0.1, 0.15) is 25.5 Å². The Bertz CT molecular complexity index is 1240. The van der Waals surface area contributed by atoms with Crippen LogP contribution < -0.4 is 21.3 Å². The lowest BCUT2D eigenvalue weighted by Gasteiger charge is -2.13. The fourth-order valence-electron chi connectivity index (χ4n) is 3.21. The second kappa shape index (κ2) is 8.39. The Morgan fingerprint density at radius 3 is 2.57 bits per heavy atom. The van der Waals surface area contributed by atoms with Crippen molar-refractivity contribution in [2.24, 2.45) is 14.1 Å². The number of hydrogen-bond donors (Lipinski definition) is 1. The Labute approximate surface area is 177 Å². The summed E-state index contributed by atoms with van der Waals surface area (Å²) < 4.78 is 9.47. The van der Waals surface area contributed by atoms with Gasteiger partial charge < -0.3 is 14.6 Å². The maximum atomic E-state index is 12.7. The van der Waals surface area contributed by atoms with Crippen molar-refractivity contribution < 1.29 is 9.53 Å². The lowest BCUT2D eigenvalue weighted by atomic mass is 10.2. The number of anilines is 1. The number of rotatable bonds is 6. The average Bonchev–Trinajstić information content (AvgIpc) is 3.09. The first-order valence-corrected chi connectivity index (χ1v) is 10.4. The maximum Gasteiger partial charge on any atom is 0.332 e. The largest absolute Gasteiger partial charge is 0.495 e. The van der Waals surface area contributed by atoms with E-state index in [1.54, 1.807) is 24.8 Å². The second-order valence-corrected chi connectivity index (χ2v) is 8.22. The molecule has 0 aliphatic carbocycles. The normalized spacial score (nSPS) is 11.3. The monoisotopic (exact) mass is 431 g/mol. The highest BCUT2D eigenvalue weighted by Crippen LogP contribution is 2.28. The van der Waals surface area contributed by atoms with Gasteiger partial charge in [-0.1, -0.05) is 17.8 Å². The average molecular weight is 432 g/mol. The number of ether oxygens (including phenoxy) is 1. The summed E-state index contributed by atoms with van der Waals surface area (Å²) in [5.41, 5.74) is 1.39. The van der Waals surface area contributed by atoms with Crippen molar-refractivity contribution in [3.8, 4) is 5.75 Å². The summed E-state index contributed by atoms with van der Waals surface area (Å²) in [7, 11) is 4.56. The van der Waals surface area contributed by atoms with E-state index in [1.807, 2.05) is 32.9 Å². The molecule has 0 unspecified atom stereocenters. The molecule has 0 saturated carbocycles. The molecule has 9 nitrogen and oxygen atoms in total. The number of hydrogen-bond acceptors (Lipinski definition) is 6. The molecule has 1 N–H and O–H groups in total. The van der Waals surface area contributed by atoms with E-state index < -0.39 is 11.2 Å². The third kappa shape index (κ3) is 3.87. The van der Waals surface area contributed by atoms with Crippen LogP contribution in [0.25, 0.3) is 11.2 Å². The zero-order chi connectivity index (χ0) is 22.2. The summed E-state index contributed by atoms with van der Waals surface area (Å²) in [5.74, 6) is 0.432. The van der Waals surface area contributed by atoms with Gasteiger partial charge in [0.15, 0.2) is 16.3 Å². The molecule has 0 aliphatic heterocycles. The molecule has 0 radical (unpaired) electrons. The van der Waals surface area contributed by atoms with Gasteiger partial charge in [-0.15, -0.1) is 0 Å². The van der Waals surface area contributed by atoms with E-state index in [0.717, 1.165) is 10.1 Å². The first-order valence-electron chi connectivity index (χ1n) is 9.41. The molecular formula is C20H25N5O4S. The van der Waals surface area contributed by atoms with Crippen molar-refractivity contribution in [2.45, 2.75) is 32.0 Å². The third-order valence-corrected chi connectivity index (χ3v) is 5.69. The summed E-state index contributed by atoms with van der Waals surface area (Å²) in [4.78, 5) is 42.0. The number of methoxy groups -OCH3 is 1. The number of carbonyl (C=O) groups is 1. The molecule has 1 amide bonds. The minimum absolute atomic E-state index is 0.0809. The highest BCUT2D eigenvalue weighted by Gasteiger charge is 2.21. The van der Waals surface area contributed by atoms with Gasteiger partial charge in [0.25, 0.3) is 5.56 Å². The van der Waals surface area contributed by atoms with Crippen molar-refractivity contribution >= 4 is 34.5 Å². The number of benzene rings is 1. The number of imidazole rings is 1. The highest BCUT2D eigenvalue weighted by atomic mass is 32.2. The molecule has 1 aromatic carbocycles. The number of aryl methyl sites for hydroxylation is 2. The smallest absolute Gasteiger partial charge is 0.332 e. The van der Waals surface area contributed by atoms with Gasteiger partial charge in [0.05, 0.1) is 18.6 Å². The highest BCUT2D eigenvalue weighted by molar-refractivity contribution is 7.99. The van der Waals surface area contributed by atoms with Gasteiger partial charge in [-0.25, -0.2) is 9.78 Å². The van der Waals surface area contributed by atoms with E-state index in [1.165, 1.54) is 23.4 Å². The van der Waals surface area contributed by atoms with Gasteiger partial charge in [-0.05, 0) is 38.5 Å². The van der Waals surface area contributed by atoms with Gasteiger partial charge in [0.1, 0.15) is 5.75 Å². The molecule has 10 heteroatoms. The molecule has 0 bridgehead atoms. The number of thioether (sulfide) groups is 1. The number of amides is 1. The van der Waals surface area contributed by atoms with E-state index in [9.17, 15) is 14.4 Å². The van der Waals surface area contributed by atoms with E-state index in [-0.39, 0.29) is 17.7 Å². The lowest BCUT2D eigenvalue weighted by Crippen LogP contribution is -2.37. The Morgan fingerprint density at radius 2 is 1.93 bits per heavy atom. The molecule has 30 heavy (non-hydrogen) atoms. The van der Waals surface area contributed by atoms with Gasteiger partial charge in [0.2, 0.25) is 5.91 Å². The quantitative estimate of drug-likeness (QED) is 0.600. The molecule has 0 fully saturated rings. The number of aromatic nitrogens is 4. The van der Waals surface area contributed by atoms with Crippen LogP contribution in [0, 0.1) is 6.92 Å². The van der Waals surface area contributed by atoms with Crippen LogP contribution in [0.2, 0.25) is 0 Å². The first-order chi connectivity index (χ1) is 14.1. The molecule has 2 aromatic heterocycles. The fourth-order valence-corrected chi connectivity index (χ4v) is 4.14. The number of carbonyl (C=O) groups excluding carboxylic acids is 1. The SMILES string of the molecule is COc1ccc(C)cc1NC(=O)CSc1nc2c(c(=O)n(C)c(=O)n2C)n1C(C)C. The number of nitrogens with one attached hydrogen (secondary N) is 1. The van der Waals surface area contributed by atoms with Crippen LogP contribution in [0.5, 0.6) is 5.75 Å². The van der Waals surface area contributed by atoms with Gasteiger partial charge in [-0.2, -0.15) is 0 Å². The van der Waals surface area contributed by atoms with Crippen LogP contribution in [-0.2, 0) is 18.9 Å². The van der Waals surface area contributed by atoms with Gasteiger partial charge in [-0.3, -0.25) is 18.7 Å². The van der Waals surface area contributed by atoms with Crippen LogP contribution in [0.3, 0.4) is 0 Å². The van der Waals surface area contributed by atoms with E-state index >= 15 is 0 Å². The van der Waals surface area contributed by atoms with Crippen molar-refractivity contribution in [3.05, 3.63) is 44.6 Å². The Balaban J connectivity index is 1.92. The summed E-state index contributed by atoms with van der Waals surface area (Å²) in [6, 6.07) is 5.46. The van der Waals surface area contributed by atoms with Crippen molar-refractivity contribution in [1.82, 2.24) is 18.7 Å². The van der Waals surface area contributed by atoms with Crippen molar-refractivity contribution in [3.63, 3.8) is 0 Å². The molecular weight excluding hydrogens is 406 g/mol. The lowest BCUT2D eigenvalue weighted by molar-refractivity contribution is -0.113. The van der Waals surface area contributed by atoms with Crippen molar-refractivity contribution in [2.75, 3.05) is 18.2 Å². The Hall–Kier alpha value is -3.01. The summed E-state index contributed by atoms with van der Waals surface area (Å²) >= 11 is 1.21. The molecule has 160 valence electrons. The molecule has 0 aliphatic rings. The van der Waals surface area contributed by atoms with Crippen LogP contribution in [0.4, 0.5) is 5.69 Å². The minimum Gasteiger partial charge on any atom is -0.495 e. The number of fused-ring (bicyclic) bond motifs is 1. The summed E-state index contributed by atoms with van der Waals surface area (Å²) in [5, 5.41) is 3.36. The van der Waals surface area contributed by atoms with Crippen LogP contribution in [0.15, 0.2) is 32.9 Å². The van der Waals surface area contributed by atoms with Crippen molar-refractivity contribution in [1.29, 1.82) is 0 Å². The minimum atomic E-state index is -0.443. The Kier molecular flexibility index (Phi) is 6.06. The van der Waals surface area contributed by atoms with Crippen LogP contribution in [-0.4, -0.2) is 37.5 Å². The first kappa shape index (κ1) is 21.7. The molecule has 2 heterocycles. The topological polar surface area (TPSA) is 100 Å². The predicted octanol–water partition coefficient (Wildman–Crippen LogP) is 2.06. The third-order valence-electron chi connectivity index (χ3n) is 4.74. The van der Waals surface area contributed by atoms with E-state index in [2.05, 4.69) is 10.3 Å². The molecule has 0 atom stereocenters. The second-order valence-electron chi connectivity index (χ2n) is 7.28.